The lowest BCUT2D eigenvalue weighted by molar-refractivity contribution is 0.0934. The van der Waals surface area contributed by atoms with Crippen molar-refractivity contribution in [1.29, 1.82) is 0 Å². The van der Waals surface area contributed by atoms with Crippen molar-refractivity contribution in [3.05, 3.63) is 51.9 Å². The Hall–Kier alpha value is -1.75. The number of methoxy groups -OCH3 is 1. The summed E-state index contributed by atoms with van der Waals surface area (Å²) >= 11 is 3.37. The number of benzene rings is 1. The van der Waals surface area contributed by atoms with Gasteiger partial charge in [-0.3, -0.25) is 4.79 Å². The average Bonchev–Trinajstić information content (AvgIpc) is 2.86. The molecule has 20 heavy (non-hydrogen) atoms. The number of hydrogen-bond donors (Lipinski definition) is 1. The van der Waals surface area contributed by atoms with Crippen LogP contribution < -0.4 is 10.1 Å². The van der Waals surface area contributed by atoms with E-state index in [1.807, 2.05) is 26.0 Å². The number of amides is 1. The van der Waals surface area contributed by atoms with Crippen LogP contribution in [0, 0.1) is 6.92 Å². The predicted octanol–water partition coefficient (Wildman–Crippen LogP) is 3.85. The van der Waals surface area contributed by atoms with E-state index in [1.54, 1.807) is 25.3 Å². The fraction of sp³-hybridized carbons (Fsp3) is 0.267. The number of hydrogen-bond acceptors (Lipinski definition) is 3. The standard InChI is InChI=1S/C15H16BrNO3/c1-9-4-7-14(20-9)10(2)17-15(18)12-8-11(19-3)5-6-13(12)16/h4-8,10H,1-3H3,(H,17,18). The van der Waals surface area contributed by atoms with Gasteiger partial charge in [-0.2, -0.15) is 0 Å². The monoisotopic (exact) mass is 337 g/mol. The summed E-state index contributed by atoms with van der Waals surface area (Å²) in [6.45, 7) is 3.75. The second-order valence-corrected chi connectivity index (χ2v) is 5.34. The quantitative estimate of drug-likeness (QED) is 0.921. The molecule has 1 N–H and O–H groups in total. The Bertz CT molecular complexity index is 621. The van der Waals surface area contributed by atoms with Gasteiger partial charge in [0.1, 0.15) is 17.3 Å². The van der Waals surface area contributed by atoms with Gasteiger partial charge >= 0.3 is 0 Å². The summed E-state index contributed by atoms with van der Waals surface area (Å²) in [6, 6.07) is 8.81. The van der Waals surface area contributed by atoms with Gasteiger partial charge in [-0.1, -0.05) is 0 Å². The third-order valence-corrected chi connectivity index (χ3v) is 3.65. The smallest absolute Gasteiger partial charge is 0.253 e. The average molecular weight is 338 g/mol. The molecule has 0 saturated carbocycles. The molecule has 0 saturated heterocycles. The van der Waals surface area contributed by atoms with Crippen molar-refractivity contribution in [2.45, 2.75) is 19.9 Å². The summed E-state index contributed by atoms with van der Waals surface area (Å²) in [4.78, 5) is 12.3. The minimum Gasteiger partial charge on any atom is -0.497 e. The van der Waals surface area contributed by atoms with Gasteiger partial charge in [0.05, 0.1) is 18.7 Å². The van der Waals surface area contributed by atoms with Crippen molar-refractivity contribution >= 4 is 21.8 Å². The second-order valence-electron chi connectivity index (χ2n) is 4.49. The first-order valence-electron chi connectivity index (χ1n) is 6.22. The zero-order valence-electron chi connectivity index (χ0n) is 11.6. The number of halogens is 1. The van der Waals surface area contributed by atoms with Gasteiger partial charge in [0.2, 0.25) is 0 Å². The Morgan fingerprint density at radius 3 is 2.70 bits per heavy atom. The molecule has 2 rings (SSSR count). The molecule has 1 atom stereocenters. The molecule has 0 spiro atoms. The van der Waals surface area contributed by atoms with Gasteiger partial charge in [-0.25, -0.2) is 0 Å². The maximum Gasteiger partial charge on any atom is 0.253 e. The SMILES string of the molecule is COc1ccc(Br)c(C(=O)NC(C)c2ccc(C)o2)c1. The maximum absolute atomic E-state index is 12.3. The first-order valence-corrected chi connectivity index (χ1v) is 7.01. The highest BCUT2D eigenvalue weighted by molar-refractivity contribution is 9.10. The van der Waals surface area contributed by atoms with Crippen molar-refractivity contribution < 1.29 is 13.9 Å². The third-order valence-electron chi connectivity index (χ3n) is 2.95. The van der Waals surface area contributed by atoms with Crippen LogP contribution in [0.15, 0.2) is 39.2 Å². The van der Waals surface area contributed by atoms with E-state index in [2.05, 4.69) is 21.2 Å². The number of furan rings is 1. The third kappa shape index (κ3) is 3.22. The molecule has 2 aromatic rings. The summed E-state index contributed by atoms with van der Waals surface area (Å²) in [5.41, 5.74) is 0.527. The van der Waals surface area contributed by atoms with Gasteiger partial charge in [0, 0.05) is 4.47 Å². The molecule has 0 bridgehead atoms. The van der Waals surface area contributed by atoms with Crippen LogP contribution in [0.5, 0.6) is 5.75 Å². The zero-order chi connectivity index (χ0) is 14.7. The minimum absolute atomic E-state index is 0.183. The zero-order valence-corrected chi connectivity index (χ0v) is 13.2. The van der Waals surface area contributed by atoms with Crippen molar-refractivity contribution in [3.63, 3.8) is 0 Å². The fourth-order valence-electron chi connectivity index (χ4n) is 1.84. The van der Waals surface area contributed by atoms with Crippen molar-refractivity contribution in [3.8, 4) is 5.75 Å². The largest absolute Gasteiger partial charge is 0.497 e. The summed E-state index contributed by atoms with van der Waals surface area (Å²) < 4.78 is 11.4. The molecule has 1 amide bonds. The highest BCUT2D eigenvalue weighted by atomic mass is 79.9. The molecule has 4 nitrogen and oxygen atoms in total. The molecule has 0 fully saturated rings. The lowest BCUT2D eigenvalue weighted by atomic mass is 10.1. The first kappa shape index (κ1) is 14.7. The molecule has 1 aromatic heterocycles. The molecule has 0 aliphatic heterocycles. The summed E-state index contributed by atoms with van der Waals surface area (Å²) in [6.07, 6.45) is 0. The molecular weight excluding hydrogens is 322 g/mol. The van der Waals surface area contributed by atoms with Crippen LogP contribution in [0.1, 0.15) is 34.8 Å². The number of ether oxygens (including phenoxy) is 1. The molecule has 1 aromatic carbocycles. The Balaban J connectivity index is 2.15. The summed E-state index contributed by atoms with van der Waals surface area (Å²) in [7, 11) is 1.57. The van der Waals surface area contributed by atoms with Gasteiger partial charge < -0.3 is 14.5 Å². The van der Waals surface area contributed by atoms with Crippen molar-refractivity contribution in [1.82, 2.24) is 5.32 Å². The van der Waals surface area contributed by atoms with E-state index in [1.165, 1.54) is 0 Å². The van der Waals surface area contributed by atoms with Crippen LogP contribution >= 0.6 is 15.9 Å². The highest BCUT2D eigenvalue weighted by Crippen LogP contribution is 2.23. The molecule has 106 valence electrons. The van der Waals surface area contributed by atoms with E-state index in [-0.39, 0.29) is 11.9 Å². The molecule has 0 radical (unpaired) electrons. The Morgan fingerprint density at radius 1 is 1.35 bits per heavy atom. The van der Waals surface area contributed by atoms with Crippen LogP contribution in [-0.2, 0) is 0 Å². The van der Waals surface area contributed by atoms with Gasteiger partial charge in [0.15, 0.2) is 0 Å². The molecule has 0 aliphatic rings. The fourth-order valence-corrected chi connectivity index (χ4v) is 2.26. The molecule has 1 heterocycles. The molecule has 5 heteroatoms. The lowest BCUT2D eigenvalue weighted by Gasteiger charge is -2.13. The first-order chi connectivity index (χ1) is 9.51. The van der Waals surface area contributed by atoms with Gasteiger partial charge in [-0.15, -0.1) is 0 Å². The van der Waals surface area contributed by atoms with Crippen molar-refractivity contribution in [2.24, 2.45) is 0 Å². The van der Waals surface area contributed by atoms with E-state index in [9.17, 15) is 4.79 Å². The van der Waals surface area contributed by atoms with Crippen LogP contribution in [0.4, 0.5) is 0 Å². The number of rotatable bonds is 4. The van der Waals surface area contributed by atoms with E-state index >= 15 is 0 Å². The second kappa shape index (κ2) is 6.13. The predicted molar refractivity (Wildman–Crippen MR) is 80.0 cm³/mol. The lowest BCUT2D eigenvalue weighted by Crippen LogP contribution is -2.26. The molecule has 1 unspecified atom stereocenters. The van der Waals surface area contributed by atoms with Crippen LogP contribution in [0.3, 0.4) is 0 Å². The highest BCUT2D eigenvalue weighted by Gasteiger charge is 2.16. The topological polar surface area (TPSA) is 51.5 Å². The Labute approximate surface area is 126 Å². The summed E-state index contributed by atoms with van der Waals surface area (Å²) in [5, 5.41) is 2.90. The van der Waals surface area contributed by atoms with E-state index < -0.39 is 0 Å². The maximum atomic E-state index is 12.3. The summed E-state index contributed by atoms with van der Waals surface area (Å²) in [5.74, 6) is 2.01. The van der Waals surface area contributed by atoms with Crippen LogP contribution in [0.2, 0.25) is 0 Å². The number of carbonyl (C=O) groups is 1. The van der Waals surface area contributed by atoms with Crippen LogP contribution in [0.25, 0.3) is 0 Å². The van der Waals surface area contributed by atoms with E-state index in [0.717, 1.165) is 16.0 Å². The van der Waals surface area contributed by atoms with Gasteiger partial charge in [0.25, 0.3) is 5.91 Å². The number of carbonyl (C=O) groups excluding carboxylic acids is 1. The Kier molecular flexibility index (Phi) is 4.49. The molecule has 0 aliphatic carbocycles. The number of nitrogens with one attached hydrogen (secondary N) is 1. The number of aryl methyl sites for hydroxylation is 1. The minimum atomic E-state index is -0.200. The van der Waals surface area contributed by atoms with Crippen LogP contribution in [-0.4, -0.2) is 13.0 Å². The van der Waals surface area contributed by atoms with Gasteiger partial charge in [-0.05, 0) is 60.1 Å². The normalized spacial score (nSPS) is 12.0. The van der Waals surface area contributed by atoms with E-state index in [0.29, 0.717) is 11.3 Å². The Morgan fingerprint density at radius 2 is 2.10 bits per heavy atom. The van der Waals surface area contributed by atoms with E-state index in [4.69, 9.17) is 9.15 Å². The van der Waals surface area contributed by atoms with Crippen molar-refractivity contribution in [2.75, 3.05) is 7.11 Å². The molecular formula is C15H16BrNO3.